The second kappa shape index (κ2) is 28.3. The first-order valence-electron chi connectivity index (χ1n) is 23.7. The number of pyridine rings is 1. The molecule has 1 aliphatic heterocycles. The fraction of sp³-hybridized carbons (Fsp3) is 0.255. The van der Waals surface area contributed by atoms with Crippen molar-refractivity contribution in [2.75, 3.05) is 39.6 Å². The van der Waals surface area contributed by atoms with E-state index in [2.05, 4.69) is 10.3 Å². The molecule has 0 saturated heterocycles. The molecule has 6 rings (SSSR count). The van der Waals surface area contributed by atoms with Crippen LogP contribution in [-0.4, -0.2) is 88.6 Å². The largest absolute Gasteiger partial charge is 0.462 e. The number of dihydropyridines is 1. The van der Waals surface area contributed by atoms with Crippen molar-refractivity contribution in [3.63, 3.8) is 0 Å². The first-order chi connectivity index (χ1) is 35.7. The number of carbonyl (C=O) groups is 4. The van der Waals surface area contributed by atoms with E-state index in [1.54, 1.807) is 58.1 Å². The number of nitrogens with zero attached hydrogens (tertiary/aromatic N) is 3. The van der Waals surface area contributed by atoms with E-state index in [9.17, 15) is 39.4 Å². The fourth-order valence-corrected chi connectivity index (χ4v) is 7.60. The molecule has 5 aromatic rings. The molecular weight excluding hydrogens is 941 g/mol. The lowest BCUT2D eigenvalue weighted by Crippen LogP contribution is -2.32. The van der Waals surface area contributed by atoms with Gasteiger partial charge in [-0.15, -0.1) is 0 Å². The van der Waals surface area contributed by atoms with Crippen LogP contribution < -0.4 is 5.32 Å². The van der Waals surface area contributed by atoms with Crippen molar-refractivity contribution in [3.05, 3.63) is 203 Å². The van der Waals surface area contributed by atoms with Gasteiger partial charge >= 0.3 is 23.9 Å². The number of rotatable bonds is 20. The Hall–Kier alpha value is -8.61. The summed E-state index contributed by atoms with van der Waals surface area (Å²) in [4.78, 5) is 78.6. The maximum absolute atomic E-state index is 13.3. The van der Waals surface area contributed by atoms with E-state index < -0.39 is 39.6 Å². The number of allylic oxidation sites excluding steroid dienone is 2. The molecule has 0 amide bonds. The van der Waals surface area contributed by atoms with Gasteiger partial charge in [0.2, 0.25) is 0 Å². The van der Waals surface area contributed by atoms with Crippen molar-refractivity contribution in [2.24, 2.45) is 0 Å². The second-order valence-electron chi connectivity index (χ2n) is 16.0. The van der Waals surface area contributed by atoms with E-state index in [-0.39, 0.29) is 105 Å². The van der Waals surface area contributed by atoms with Crippen molar-refractivity contribution in [1.82, 2.24) is 10.3 Å². The van der Waals surface area contributed by atoms with E-state index in [0.29, 0.717) is 28.3 Å². The second-order valence-corrected chi connectivity index (χ2v) is 16.0. The number of carbonyl (C=O) groups excluding carboxylic acids is 4. The number of benzene rings is 4. The van der Waals surface area contributed by atoms with E-state index in [1.807, 2.05) is 66.7 Å². The Kier molecular flexibility index (Phi) is 21.4. The number of non-ortho nitro benzene ring substituents is 2. The third kappa shape index (κ3) is 15.7. The van der Waals surface area contributed by atoms with Gasteiger partial charge in [0.1, 0.15) is 13.2 Å². The maximum Gasteiger partial charge on any atom is 0.340 e. The smallest absolute Gasteiger partial charge is 0.340 e. The van der Waals surface area contributed by atoms with Crippen LogP contribution >= 0.6 is 0 Å². The summed E-state index contributed by atoms with van der Waals surface area (Å²) in [7, 11) is 0. The Morgan fingerprint density at radius 1 is 0.630 bits per heavy atom. The normalized spacial score (nSPS) is 13.2. The molecule has 73 heavy (non-hydrogen) atoms. The first kappa shape index (κ1) is 55.3. The highest BCUT2D eigenvalue weighted by Gasteiger charge is 2.38. The highest BCUT2D eigenvalue weighted by atomic mass is 16.6. The molecule has 2 heterocycles. The number of esters is 4. The average Bonchev–Trinajstić information content (AvgIpc) is 3.39. The van der Waals surface area contributed by atoms with Gasteiger partial charge < -0.3 is 34.5 Å². The van der Waals surface area contributed by atoms with Crippen molar-refractivity contribution < 1.29 is 61.2 Å². The van der Waals surface area contributed by atoms with E-state index in [0.717, 1.165) is 11.1 Å². The molecule has 0 spiro atoms. The Balaban J connectivity index is 0.000000378. The molecular formula is C55H60N4O14. The number of hydrogen-bond acceptors (Lipinski definition) is 16. The molecule has 384 valence electrons. The van der Waals surface area contributed by atoms with Gasteiger partial charge in [0.05, 0.1) is 62.6 Å². The van der Waals surface area contributed by atoms with Crippen LogP contribution in [0.15, 0.2) is 144 Å². The zero-order valence-electron chi connectivity index (χ0n) is 42.1. The minimum atomic E-state index is -0.946. The predicted molar refractivity (Wildman–Crippen MR) is 276 cm³/mol. The SMILES string of the molecule is C.CC1=C(C(=O)OC/C=C/c2ccccc2)C(c2cccc([N+](=O)[O-])c2)C(C(=O)OCCCO)=C(C)N1.Cc1nc(C)c(C(=O)OCCCO)c(-c2cccc([N+](=O)[O-])c2)c1C(=O)OC/C=C/c1ccccc1.[2H][2H]. The summed E-state index contributed by atoms with van der Waals surface area (Å²) in [6, 6.07) is 30.4. The minimum absolute atomic E-state index is 0. The van der Waals surface area contributed by atoms with Gasteiger partial charge in [0.15, 0.2) is 0 Å². The summed E-state index contributed by atoms with van der Waals surface area (Å²) in [5.41, 5.74) is 4.16. The minimum Gasteiger partial charge on any atom is -0.462 e. The van der Waals surface area contributed by atoms with Crippen LogP contribution in [0.1, 0.15) is 91.8 Å². The van der Waals surface area contributed by atoms with Crippen LogP contribution in [0, 0.1) is 34.1 Å². The van der Waals surface area contributed by atoms with E-state index in [1.165, 1.54) is 36.4 Å². The number of aliphatic hydroxyl groups is 2. The van der Waals surface area contributed by atoms with E-state index >= 15 is 0 Å². The van der Waals surface area contributed by atoms with Gasteiger partial charge in [0, 0.05) is 70.2 Å². The summed E-state index contributed by atoms with van der Waals surface area (Å²) in [5, 5.41) is 43.9. The van der Waals surface area contributed by atoms with Crippen LogP contribution in [0.25, 0.3) is 23.3 Å². The first-order valence-corrected chi connectivity index (χ1v) is 22.7. The Morgan fingerprint density at radius 2 is 1.07 bits per heavy atom. The molecule has 1 atom stereocenters. The number of aliphatic hydroxyl groups excluding tert-OH is 2. The standard InChI is InChI=1S/C27H28N2O7.C27H26N2O7.CH4.H2/c2*1-18-23(26(31)35-15-7-11-20-9-4-3-5-10-20)25(21-12-6-13-22(17-21)29(33)34)24(19(2)28-18)27(32)36-16-8-14-30;;/h3-7,9-13,17,25,28,30H,8,14-16H2,1-2H3;3-7,9-13,17,30H,8,14-16H2,1-2H3;1H4;1H/b2*11-7+;;/i;;;1+1D. The zero-order chi connectivity index (χ0) is 54.2. The molecule has 0 radical (unpaired) electrons. The third-order valence-corrected chi connectivity index (χ3v) is 10.8. The number of nitro groups is 2. The van der Waals surface area contributed by atoms with Gasteiger partial charge in [-0.05, 0) is 62.1 Å². The number of aryl methyl sites for hydroxylation is 2. The van der Waals surface area contributed by atoms with Crippen LogP contribution in [0.4, 0.5) is 11.4 Å². The lowest BCUT2D eigenvalue weighted by atomic mass is 9.80. The number of aromatic nitrogens is 1. The van der Waals surface area contributed by atoms with Crippen molar-refractivity contribution in [3.8, 4) is 11.1 Å². The molecule has 4 aromatic carbocycles. The lowest BCUT2D eigenvalue weighted by Gasteiger charge is -2.30. The van der Waals surface area contributed by atoms with Crippen molar-refractivity contribution in [1.29, 1.82) is 0 Å². The highest BCUT2D eigenvalue weighted by Crippen LogP contribution is 2.40. The molecule has 0 bridgehead atoms. The average molecular weight is 1000 g/mol. The lowest BCUT2D eigenvalue weighted by molar-refractivity contribution is -0.385. The Bertz CT molecular complexity index is 2910. The van der Waals surface area contributed by atoms with Crippen molar-refractivity contribution >= 4 is 47.4 Å². The summed E-state index contributed by atoms with van der Waals surface area (Å²) in [5.74, 6) is -3.79. The molecule has 3 N–H and O–H groups in total. The maximum atomic E-state index is 13.3. The van der Waals surface area contributed by atoms with Gasteiger partial charge in [-0.25, -0.2) is 19.2 Å². The molecule has 0 fully saturated rings. The molecule has 0 saturated carbocycles. The summed E-state index contributed by atoms with van der Waals surface area (Å²) in [6.07, 6.45) is 7.50. The zero-order valence-corrected chi connectivity index (χ0v) is 40.1. The summed E-state index contributed by atoms with van der Waals surface area (Å²) in [6.45, 7) is 6.13. The monoisotopic (exact) mass is 1000 g/mol. The molecule has 0 aliphatic carbocycles. The molecule has 1 aromatic heterocycles. The number of ether oxygens (including phenoxy) is 4. The number of nitrogens with one attached hydrogen (secondary N) is 1. The summed E-state index contributed by atoms with van der Waals surface area (Å²) >= 11 is 0. The predicted octanol–water partition coefficient (Wildman–Crippen LogP) is 9.58. The summed E-state index contributed by atoms with van der Waals surface area (Å²) < 4.78 is 31.5. The van der Waals surface area contributed by atoms with Crippen LogP contribution in [-0.2, 0) is 28.5 Å². The molecule has 18 heteroatoms. The molecule has 1 aliphatic rings. The Labute approximate surface area is 425 Å². The Morgan fingerprint density at radius 3 is 1.56 bits per heavy atom. The van der Waals surface area contributed by atoms with Crippen LogP contribution in [0.2, 0.25) is 0 Å². The van der Waals surface area contributed by atoms with Crippen molar-refractivity contribution in [2.45, 2.75) is 53.9 Å². The molecule has 18 nitrogen and oxygen atoms in total. The number of nitro benzene ring substituents is 2. The fourth-order valence-electron chi connectivity index (χ4n) is 7.60. The number of hydrogen-bond donors (Lipinski definition) is 3. The van der Waals surface area contributed by atoms with Gasteiger partial charge in [-0.2, -0.15) is 0 Å². The van der Waals surface area contributed by atoms with E-state index in [4.69, 9.17) is 32.1 Å². The van der Waals surface area contributed by atoms with Crippen LogP contribution in [0.5, 0.6) is 0 Å². The van der Waals surface area contributed by atoms with Crippen LogP contribution in [0.3, 0.4) is 0 Å². The molecule has 1 unspecified atom stereocenters. The third-order valence-electron chi connectivity index (χ3n) is 10.8. The van der Waals surface area contributed by atoms with Gasteiger partial charge in [-0.1, -0.05) is 105 Å². The van der Waals surface area contributed by atoms with Gasteiger partial charge in [0.25, 0.3) is 11.4 Å². The highest BCUT2D eigenvalue weighted by molar-refractivity contribution is 6.07. The quantitative estimate of drug-likeness (QED) is 0.0216. The topological polar surface area (TPSA) is 257 Å². The van der Waals surface area contributed by atoms with Gasteiger partial charge in [-0.3, -0.25) is 25.2 Å².